The third-order valence-corrected chi connectivity index (χ3v) is 5.21. The van der Waals surface area contributed by atoms with Crippen molar-refractivity contribution in [2.75, 3.05) is 7.11 Å². The maximum absolute atomic E-state index is 13.2. The number of fused-ring (bicyclic) bond motifs is 1. The van der Waals surface area contributed by atoms with E-state index in [1.165, 1.54) is 7.11 Å². The van der Waals surface area contributed by atoms with Gasteiger partial charge in [-0.3, -0.25) is 0 Å². The Balaban J connectivity index is 2.12. The van der Waals surface area contributed by atoms with Crippen LogP contribution in [0.4, 0.5) is 8.78 Å². The quantitative estimate of drug-likeness (QED) is 0.668. The monoisotopic (exact) mass is 365 g/mol. The number of aromatic amines is 1. The van der Waals surface area contributed by atoms with Gasteiger partial charge in [0.1, 0.15) is 0 Å². The first-order chi connectivity index (χ1) is 12.1. The molecule has 1 aromatic heterocycles. The molecule has 0 spiro atoms. The lowest BCUT2D eigenvalue weighted by molar-refractivity contribution is 0.00578. The van der Waals surface area contributed by atoms with Crippen molar-refractivity contribution in [2.45, 2.75) is 51.7 Å². The summed E-state index contributed by atoms with van der Waals surface area (Å²) in [6, 6.07) is 4.82. The lowest BCUT2D eigenvalue weighted by Crippen LogP contribution is -2.41. The van der Waals surface area contributed by atoms with E-state index in [1.54, 1.807) is 18.2 Å². The number of esters is 1. The van der Waals surface area contributed by atoms with Crippen molar-refractivity contribution in [1.29, 1.82) is 0 Å². The highest BCUT2D eigenvalue weighted by molar-refractivity contribution is 6.62. The molecule has 0 radical (unpaired) electrons. The van der Waals surface area contributed by atoms with E-state index in [9.17, 15) is 13.6 Å². The summed E-state index contributed by atoms with van der Waals surface area (Å²) in [4.78, 5) is 14.9. The van der Waals surface area contributed by atoms with E-state index in [-0.39, 0.29) is 0 Å². The van der Waals surface area contributed by atoms with Crippen molar-refractivity contribution < 1.29 is 27.6 Å². The Morgan fingerprint density at radius 1 is 1.23 bits per heavy atom. The van der Waals surface area contributed by atoms with Crippen LogP contribution in [0.1, 0.15) is 43.6 Å². The third kappa shape index (κ3) is 3.12. The van der Waals surface area contributed by atoms with Crippen LogP contribution in [0.15, 0.2) is 18.2 Å². The number of methoxy groups -OCH3 is 1. The van der Waals surface area contributed by atoms with Gasteiger partial charge in [-0.15, -0.1) is 0 Å². The summed E-state index contributed by atoms with van der Waals surface area (Å²) < 4.78 is 43.2. The standard InChI is InChI=1S/C18H22BF2NO4/c1-17(2)18(3,4)26-19(25-17)15-12(9-14(20)21)11-8-10(16(23)24-5)6-7-13(11)22-15/h6-8,14,22H,9H2,1-5H3. The summed E-state index contributed by atoms with van der Waals surface area (Å²) in [5.74, 6) is -0.520. The van der Waals surface area contributed by atoms with Gasteiger partial charge in [-0.25, -0.2) is 13.6 Å². The van der Waals surface area contributed by atoms with Crippen molar-refractivity contribution in [3.05, 3.63) is 29.3 Å². The predicted octanol–water partition coefficient (Wildman–Crippen LogP) is 3.06. The lowest BCUT2D eigenvalue weighted by atomic mass is 9.80. The average Bonchev–Trinajstić information content (AvgIpc) is 3.00. The molecule has 8 heteroatoms. The molecular weight excluding hydrogens is 343 g/mol. The van der Waals surface area contributed by atoms with E-state index >= 15 is 0 Å². The first kappa shape index (κ1) is 18.9. The third-order valence-electron chi connectivity index (χ3n) is 5.21. The van der Waals surface area contributed by atoms with Crippen LogP contribution in [0.5, 0.6) is 0 Å². The highest BCUT2D eigenvalue weighted by atomic mass is 19.3. The molecule has 0 aliphatic carbocycles. The number of halogens is 2. The van der Waals surface area contributed by atoms with Gasteiger partial charge in [-0.05, 0) is 51.5 Å². The zero-order valence-corrected chi connectivity index (χ0v) is 15.5. The molecule has 5 nitrogen and oxygen atoms in total. The van der Waals surface area contributed by atoms with Crippen molar-refractivity contribution in [2.24, 2.45) is 0 Å². The highest BCUT2D eigenvalue weighted by Crippen LogP contribution is 2.37. The van der Waals surface area contributed by atoms with Gasteiger partial charge >= 0.3 is 13.1 Å². The van der Waals surface area contributed by atoms with Crippen LogP contribution < -0.4 is 5.59 Å². The van der Waals surface area contributed by atoms with Gasteiger partial charge in [0.05, 0.1) is 23.9 Å². The molecule has 1 aliphatic rings. The number of H-pyrrole nitrogens is 1. The number of hydrogen-bond acceptors (Lipinski definition) is 4. The largest absolute Gasteiger partial charge is 0.512 e. The summed E-state index contributed by atoms with van der Waals surface area (Å²) in [6.07, 6.45) is -3.01. The summed E-state index contributed by atoms with van der Waals surface area (Å²) in [5.41, 5.74) is 0.607. The molecule has 2 aromatic rings. The van der Waals surface area contributed by atoms with Gasteiger partial charge in [0.15, 0.2) is 0 Å². The fourth-order valence-electron chi connectivity index (χ4n) is 3.05. The molecule has 140 valence electrons. The number of benzene rings is 1. The molecule has 1 aliphatic heterocycles. The van der Waals surface area contributed by atoms with Gasteiger partial charge in [0.25, 0.3) is 0 Å². The van der Waals surface area contributed by atoms with E-state index in [0.717, 1.165) is 0 Å². The number of rotatable bonds is 4. The zero-order chi connectivity index (χ0) is 19.3. The Labute approximate surface area is 151 Å². The fraction of sp³-hybridized carbons (Fsp3) is 0.500. The normalized spacial score (nSPS) is 18.7. The Bertz CT molecular complexity index is 831. The van der Waals surface area contributed by atoms with Crippen molar-refractivity contribution in [3.63, 3.8) is 0 Å². The number of hydrogen-bond donors (Lipinski definition) is 1. The van der Waals surface area contributed by atoms with Crippen molar-refractivity contribution >= 4 is 29.6 Å². The van der Waals surface area contributed by atoms with E-state index in [4.69, 9.17) is 14.0 Å². The fourth-order valence-corrected chi connectivity index (χ4v) is 3.05. The van der Waals surface area contributed by atoms with Crippen LogP contribution >= 0.6 is 0 Å². The van der Waals surface area contributed by atoms with E-state index in [0.29, 0.717) is 27.6 Å². The minimum absolute atomic E-state index is 0.301. The Hall–Kier alpha value is -1.93. The maximum atomic E-state index is 13.2. The summed E-state index contributed by atoms with van der Waals surface area (Å²) in [5, 5.41) is 0.540. The van der Waals surface area contributed by atoms with Crippen LogP contribution in [-0.4, -0.2) is 42.8 Å². The molecule has 1 fully saturated rings. The van der Waals surface area contributed by atoms with Gasteiger partial charge in [-0.2, -0.15) is 0 Å². The maximum Gasteiger partial charge on any atom is 0.512 e. The molecule has 1 saturated heterocycles. The van der Waals surface area contributed by atoms with Crippen molar-refractivity contribution in [3.8, 4) is 0 Å². The number of alkyl halides is 2. The number of carbonyl (C=O) groups excluding carboxylic acids is 1. The first-order valence-corrected chi connectivity index (χ1v) is 8.42. The van der Waals surface area contributed by atoms with E-state index in [1.807, 2.05) is 27.7 Å². The second kappa shape index (κ2) is 6.35. The average molecular weight is 365 g/mol. The molecule has 1 N–H and O–H groups in total. The molecule has 0 bridgehead atoms. The Kier molecular flexibility index (Phi) is 4.61. The SMILES string of the molecule is COC(=O)c1ccc2[nH]c(B3OC(C)(C)C(C)(C)O3)c(CC(F)F)c2c1. The second-order valence-electron chi connectivity index (χ2n) is 7.45. The summed E-state index contributed by atoms with van der Waals surface area (Å²) >= 11 is 0. The van der Waals surface area contributed by atoms with Crippen LogP contribution in [0.2, 0.25) is 0 Å². The molecule has 2 heterocycles. The first-order valence-electron chi connectivity index (χ1n) is 8.42. The second-order valence-corrected chi connectivity index (χ2v) is 7.45. The van der Waals surface area contributed by atoms with E-state index < -0.39 is 37.1 Å². The number of ether oxygens (including phenoxy) is 1. The predicted molar refractivity (Wildman–Crippen MR) is 95.1 cm³/mol. The molecule has 26 heavy (non-hydrogen) atoms. The zero-order valence-electron chi connectivity index (χ0n) is 15.5. The molecule has 3 rings (SSSR count). The van der Waals surface area contributed by atoms with Gasteiger partial charge in [-0.1, -0.05) is 0 Å². The number of carbonyl (C=O) groups is 1. The summed E-state index contributed by atoms with van der Waals surface area (Å²) in [7, 11) is 0.488. The number of aromatic nitrogens is 1. The minimum atomic E-state index is -2.54. The molecule has 0 saturated carbocycles. The van der Waals surface area contributed by atoms with Crippen LogP contribution in [0, 0.1) is 0 Å². The van der Waals surface area contributed by atoms with Crippen LogP contribution in [0.25, 0.3) is 10.9 Å². The smallest absolute Gasteiger partial charge is 0.465 e. The summed E-state index contributed by atoms with van der Waals surface area (Å²) in [6.45, 7) is 7.60. The highest BCUT2D eigenvalue weighted by Gasteiger charge is 2.53. The molecule has 0 atom stereocenters. The topological polar surface area (TPSA) is 60.6 Å². The van der Waals surface area contributed by atoms with Crippen LogP contribution in [0.3, 0.4) is 0 Å². The Morgan fingerprint density at radius 2 is 1.85 bits per heavy atom. The van der Waals surface area contributed by atoms with Crippen LogP contribution in [-0.2, 0) is 20.5 Å². The van der Waals surface area contributed by atoms with Gasteiger partial charge in [0.2, 0.25) is 6.43 Å². The molecule has 0 unspecified atom stereocenters. The molecule has 0 amide bonds. The lowest BCUT2D eigenvalue weighted by Gasteiger charge is -2.32. The van der Waals surface area contributed by atoms with Crippen molar-refractivity contribution in [1.82, 2.24) is 4.98 Å². The van der Waals surface area contributed by atoms with Gasteiger partial charge < -0.3 is 19.0 Å². The van der Waals surface area contributed by atoms with Gasteiger partial charge in [0, 0.05) is 22.9 Å². The molecular formula is C18H22BF2NO4. The Morgan fingerprint density at radius 3 is 2.38 bits per heavy atom. The minimum Gasteiger partial charge on any atom is -0.465 e. The number of nitrogens with one attached hydrogen (secondary N) is 1. The molecule has 1 aromatic carbocycles. The van der Waals surface area contributed by atoms with E-state index in [2.05, 4.69) is 4.98 Å².